The molecule has 0 radical (unpaired) electrons. The first-order valence-electron chi connectivity index (χ1n) is 5.00. The number of amides is 1. The van der Waals surface area contributed by atoms with E-state index in [0.717, 1.165) is 11.3 Å². The largest absolute Gasteiger partial charge is 0.465 e. The van der Waals surface area contributed by atoms with Crippen LogP contribution in [0.4, 0.5) is 4.79 Å². The maximum Gasteiger partial charge on any atom is 0.409 e. The van der Waals surface area contributed by atoms with Crippen molar-refractivity contribution in [3.05, 3.63) is 0 Å². The summed E-state index contributed by atoms with van der Waals surface area (Å²) in [7, 11) is 0. The second-order valence-corrected chi connectivity index (χ2v) is 5.04. The molecule has 0 spiro atoms. The van der Waals surface area contributed by atoms with Gasteiger partial charge in [0.15, 0.2) is 0 Å². The molecule has 14 heavy (non-hydrogen) atoms. The van der Waals surface area contributed by atoms with E-state index in [4.69, 9.17) is 5.11 Å². The third-order valence-corrected chi connectivity index (χ3v) is 3.04. The summed E-state index contributed by atoms with van der Waals surface area (Å²) < 4.78 is 0. The average Bonchev–Trinajstić information content (AvgIpc) is 2.01. The lowest BCUT2D eigenvalue weighted by molar-refractivity contribution is -0.0474. The molecule has 4 heteroatoms. The zero-order chi connectivity index (χ0) is 10.9. The molecule has 1 saturated heterocycles. The maximum atomic E-state index is 10.7. The van der Waals surface area contributed by atoms with E-state index in [2.05, 4.69) is 20.8 Å². The fraction of sp³-hybridized carbons (Fsp3) is 0.900. The lowest BCUT2D eigenvalue weighted by atomic mass is 9.75. The maximum absolute atomic E-state index is 10.7. The van der Waals surface area contributed by atoms with Crippen molar-refractivity contribution in [1.29, 1.82) is 0 Å². The van der Waals surface area contributed by atoms with Gasteiger partial charge < -0.3 is 10.2 Å². The van der Waals surface area contributed by atoms with E-state index in [1.807, 2.05) is 0 Å². The van der Waals surface area contributed by atoms with Crippen molar-refractivity contribution in [2.24, 2.45) is 11.3 Å². The van der Waals surface area contributed by atoms with Gasteiger partial charge in [-0.15, -0.1) is 0 Å². The third-order valence-electron chi connectivity index (χ3n) is 3.04. The van der Waals surface area contributed by atoms with Gasteiger partial charge in [0.05, 0.1) is 0 Å². The van der Waals surface area contributed by atoms with Crippen LogP contribution in [0.25, 0.3) is 0 Å². The van der Waals surface area contributed by atoms with Crippen LogP contribution in [0, 0.1) is 11.3 Å². The van der Waals surface area contributed by atoms with Gasteiger partial charge in [-0.05, 0) is 24.2 Å². The Bertz CT molecular complexity index is 222. The first-order chi connectivity index (χ1) is 6.32. The summed E-state index contributed by atoms with van der Waals surface area (Å²) >= 11 is 0. The van der Waals surface area contributed by atoms with Crippen LogP contribution in [0.3, 0.4) is 0 Å². The van der Waals surface area contributed by atoms with E-state index >= 15 is 0 Å². The summed E-state index contributed by atoms with van der Waals surface area (Å²) in [5, 5.41) is 18.4. The molecular weight excluding hydrogens is 182 g/mol. The Hall–Kier alpha value is -0.770. The van der Waals surface area contributed by atoms with Gasteiger partial charge in [0, 0.05) is 6.54 Å². The second-order valence-electron chi connectivity index (χ2n) is 5.04. The third kappa shape index (κ3) is 2.38. The van der Waals surface area contributed by atoms with Crippen LogP contribution in [0.1, 0.15) is 33.6 Å². The van der Waals surface area contributed by atoms with Crippen molar-refractivity contribution < 1.29 is 15.0 Å². The van der Waals surface area contributed by atoms with E-state index in [1.165, 1.54) is 0 Å². The van der Waals surface area contributed by atoms with Gasteiger partial charge in [-0.25, -0.2) is 4.79 Å². The van der Waals surface area contributed by atoms with E-state index in [-0.39, 0.29) is 5.41 Å². The van der Waals surface area contributed by atoms with Crippen molar-refractivity contribution in [1.82, 2.24) is 4.90 Å². The topological polar surface area (TPSA) is 60.8 Å². The number of carboxylic acid groups (broad SMARTS) is 1. The van der Waals surface area contributed by atoms with Crippen molar-refractivity contribution in [3.63, 3.8) is 0 Å². The first-order valence-corrected chi connectivity index (χ1v) is 5.00. The standard InChI is InChI=1S/C10H19NO3/c1-10(2,3)7-4-5-11(9(13)14)8(12)6-7/h7-8,12H,4-6H2,1-3H3,(H,13,14). The second kappa shape index (κ2) is 3.77. The summed E-state index contributed by atoms with van der Waals surface area (Å²) in [6.07, 6.45) is -0.460. The SMILES string of the molecule is CC(C)(C)C1CCN(C(=O)O)C(O)C1. The molecule has 0 bridgehead atoms. The summed E-state index contributed by atoms with van der Waals surface area (Å²) in [6, 6.07) is 0. The van der Waals surface area contributed by atoms with Crippen LogP contribution in [0.2, 0.25) is 0 Å². The van der Waals surface area contributed by atoms with E-state index in [0.29, 0.717) is 18.9 Å². The number of nitrogens with zero attached hydrogens (tertiary/aromatic N) is 1. The number of likely N-dealkylation sites (tertiary alicyclic amines) is 1. The van der Waals surface area contributed by atoms with E-state index in [1.54, 1.807) is 0 Å². The highest BCUT2D eigenvalue weighted by Gasteiger charge is 2.35. The van der Waals surface area contributed by atoms with E-state index in [9.17, 15) is 9.90 Å². The molecule has 2 atom stereocenters. The Labute approximate surface area is 84.5 Å². The van der Waals surface area contributed by atoms with Crippen LogP contribution < -0.4 is 0 Å². The molecule has 1 amide bonds. The fourth-order valence-electron chi connectivity index (χ4n) is 1.95. The minimum absolute atomic E-state index is 0.144. The molecular formula is C10H19NO3. The van der Waals surface area contributed by atoms with Crippen LogP contribution in [-0.4, -0.2) is 34.0 Å². The molecule has 2 unspecified atom stereocenters. The average molecular weight is 201 g/mol. The summed E-state index contributed by atoms with van der Waals surface area (Å²) in [5.41, 5.74) is 0.144. The molecule has 1 rings (SSSR count). The minimum atomic E-state index is -1.02. The summed E-state index contributed by atoms with van der Waals surface area (Å²) in [5.74, 6) is 0.396. The molecule has 0 aromatic heterocycles. The predicted molar refractivity (Wildman–Crippen MR) is 52.9 cm³/mol. The van der Waals surface area contributed by atoms with Crippen LogP contribution in [0.5, 0.6) is 0 Å². The monoisotopic (exact) mass is 201 g/mol. The summed E-state index contributed by atoms with van der Waals surface area (Å²) in [6.45, 7) is 6.82. The number of aliphatic hydroxyl groups excluding tert-OH is 1. The van der Waals surface area contributed by atoms with Gasteiger partial charge in [-0.2, -0.15) is 0 Å². The van der Waals surface area contributed by atoms with Gasteiger partial charge in [-0.3, -0.25) is 4.90 Å². The molecule has 0 saturated carbocycles. The number of hydrogen-bond acceptors (Lipinski definition) is 2. The number of piperidine rings is 1. The highest BCUT2D eigenvalue weighted by molar-refractivity contribution is 5.65. The smallest absolute Gasteiger partial charge is 0.409 e. The number of hydrogen-bond donors (Lipinski definition) is 2. The summed E-state index contributed by atoms with van der Waals surface area (Å²) in [4.78, 5) is 11.8. The molecule has 0 aromatic carbocycles. The van der Waals surface area contributed by atoms with Gasteiger partial charge >= 0.3 is 6.09 Å². The van der Waals surface area contributed by atoms with Crippen LogP contribution >= 0.6 is 0 Å². The van der Waals surface area contributed by atoms with Crippen LogP contribution in [-0.2, 0) is 0 Å². The molecule has 0 aliphatic carbocycles. The molecule has 4 nitrogen and oxygen atoms in total. The van der Waals surface area contributed by atoms with Gasteiger partial charge in [-0.1, -0.05) is 20.8 Å². The fourth-order valence-corrected chi connectivity index (χ4v) is 1.95. The normalized spacial score (nSPS) is 29.0. The highest BCUT2D eigenvalue weighted by atomic mass is 16.4. The quantitative estimate of drug-likeness (QED) is 0.627. The van der Waals surface area contributed by atoms with Crippen LogP contribution in [0.15, 0.2) is 0 Å². The molecule has 82 valence electrons. The molecule has 0 aromatic rings. The number of rotatable bonds is 0. The first kappa shape index (κ1) is 11.3. The van der Waals surface area contributed by atoms with Gasteiger partial charge in [0.25, 0.3) is 0 Å². The Balaban J connectivity index is 2.60. The van der Waals surface area contributed by atoms with E-state index < -0.39 is 12.3 Å². The lowest BCUT2D eigenvalue weighted by Crippen LogP contribution is -2.47. The Kier molecular flexibility index (Phi) is 3.04. The zero-order valence-electron chi connectivity index (χ0n) is 9.03. The van der Waals surface area contributed by atoms with Crippen molar-refractivity contribution in [2.75, 3.05) is 6.54 Å². The molecule has 1 aliphatic heterocycles. The minimum Gasteiger partial charge on any atom is -0.465 e. The van der Waals surface area contributed by atoms with Crippen molar-refractivity contribution in [2.45, 2.75) is 39.8 Å². The Morgan fingerprint density at radius 1 is 1.43 bits per heavy atom. The lowest BCUT2D eigenvalue weighted by Gasteiger charge is -2.40. The predicted octanol–water partition coefficient (Wildman–Crippen LogP) is 1.74. The van der Waals surface area contributed by atoms with Crippen molar-refractivity contribution >= 4 is 6.09 Å². The van der Waals surface area contributed by atoms with Crippen molar-refractivity contribution in [3.8, 4) is 0 Å². The van der Waals surface area contributed by atoms with Gasteiger partial charge in [0.1, 0.15) is 6.23 Å². The zero-order valence-corrected chi connectivity index (χ0v) is 9.03. The molecule has 1 aliphatic rings. The molecule has 1 fully saturated rings. The molecule has 1 heterocycles. The van der Waals surface area contributed by atoms with Gasteiger partial charge in [0.2, 0.25) is 0 Å². The molecule has 2 N–H and O–H groups in total. The Morgan fingerprint density at radius 2 is 2.00 bits per heavy atom. The number of carbonyl (C=O) groups is 1. The highest BCUT2D eigenvalue weighted by Crippen LogP contribution is 2.36. The number of aliphatic hydroxyl groups is 1. The Morgan fingerprint density at radius 3 is 2.36 bits per heavy atom.